The van der Waals surface area contributed by atoms with E-state index in [9.17, 15) is 9.59 Å². The van der Waals surface area contributed by atoms with Crippen LogP contribution in [0.1, 0.15) is 21.5 Å². The Bertz CT molecular complexity index is 1220. The summed E-state index contributed by atoms with van der Waals surface area (Å²) in [4.78, 5) is 27.1. The average molecular weight is 450 g/mol. The van der Waals surface area contributed by atoms with E-state index in [0.29, 0.717) is 22.0 Å². The molecule has 4 rings (SSSR count). The summed E-state index contributed by atoms with van der Waals surface area (Å²) in [6.07, 6.45) is 3.64. The molecule has 31 heavy (non-hydrogen) atoms. The molecule has 0 fully saturated rings. The summed E-state index contributed by atoms with van der Waals surface area (Å²) in [6.45, 7) is 0. The quantitative estimate of drug-likeness (QED) is 0.349. The Balaban J connectivity index is 1.83. The van der Waals surface area contributed by atoms with Crippen LogP contribution in [0.25, 0.3) is 11.8 Å². The lowest BCUT2D eigenvalue weighted by Gasteiger charge is -2.21. The molecular weight excluding hydrogens is 433 g/mol. The van der Waals surface area contributed by atoms with E-state index < -0.39 is 5.97 Å². The summed E-state index contributed by atoms with van der Waals surface area (Å²) in [5.41, 5.74) is 3.63. The summed E-state index contributed by atoms with van der Waals surface area (Å²) in [6, 6.07) is 21.7. The van der Waals surface area contributed by atoms with Gasteiger partial charge in [0.05, 0.1) is 29.1 Å². The van der Waals surface area contributed by atoms with Crippen molar-refractivity contribution in [3.63, 3.8) is 0 Å². The third-order valence-electron chi connectivity index (χ3n) is 4.86. The lowest BCUT2D eigenvalue weighted by atomic mass is 10.1. The second-order valence-electron chi connectivity index (χ2n) is 6.84. The number of anilines is 1. The molecule has 1 amide bonds. The van der Waals surface area contributed by atoms with E-state index in [0.717, 1.165) is 11.1 Å². The number of rotatable bonds is 4. The van der Waals surface area contributed by atoms with Crippen molar-refractivity contribution in [3.05, 3.63) is 111 Å². The van der Waals surface area contributed by atoms with Gasteiger partial charge in [0.2, 0.25) is 0 Å². The highest BCUT2D eigenvalue weighted by Crippen LogP contribution is 2.36. The smallest absolute Gasteiger partial charge is 0.339 e. The van der Waals surface area contributed by atoms with E-state index >= 15 is 0 Å². The number of hydrogen-bond donors (Lipinski definition) is 0. The Morgan fingerprint density at radius 1 is 0.968 bits per heavy atom. The first-order valence-corrected chi connectivity index (χ1v) is 10.2. The maximum Gasteiger partial charge on any atom is 0.339 e. The van der Waals surface area contributed by atoms with Crippen molar-refractivity contribution in [1.82, 2.24) is 0 Å². The molecule has 0 atom stereocenters. The monoisotopic (exact) mass is 449 g/mol. The molecule has 0 bridgehead atoms. The van der Waals surface area contributed by atoms with Gasteiger partial charge >= 0.3 is 5.97 Å². The molecule has 0 aliphatic carbocycles. The predicted molar refractivity (Wildman–Crippen MR) is 124 cm³/mol. The van der Waals surface area contributed by atoms with Gasteiger partial charge in [-0.05, 0) is 53.6 Å². The van der Waals surface area contributed by atoms with Crippen molar-refractivity contribution in [2.75, 3.05) is 12.0 Å². The van der Waals surface area contributed by atoms with Gasteiger partial charge in [-0.1, -0.05) is 65.7 Å². The van der Waals surface area contributed by atoms with Gasteiger partial charge in [-0.25, -0.2) is 4.79 Å². The molecule has 154 valence electrons. The fourth-order valence-electron chi connectivity index (χ4n) is 3.35. The van der Waals surface area contributed by atoms with Crippen LogP contribution in [-0.2, 0) is 9.53 Å². The van der Waals surface area contributed by atoms with Gasteiger partial charge < -0.3 is 4.74 Å². The number of carbonyl (C=O) groups excluding carboxylic acids is 2. The third-order valence-corrected chi connectivity index (χ3v) is 5.44. The van der Waals surface area contributed by atoms with Crippen LogP contribution in [0.5, 0.6) is 0 Å². The van der Waals surface area contributed by atoms with Crippen LogP contribution >= 0.6 is 23.2 Å². The highest BCUT2D eigenvalue weighted by Gasteiger charge is 2.31. The Hall–Kier alpha value is -3.34. The van der Waals surface area contributed by atoms with Crippen molar-refractivity contribution in [2.24, 2.45) is 0 Å². The van der Waals surface area contributed by atoms with Crippen molar-refractivity contribution in [3.8, 4) is 0 Å². The standard InChI is InChI=1S/C25H17Cl2NO3/c1-31-25(30)21-15-20(11-12-22(21)27)28-23(17-5-3-2-4-6-17)14-18(24(28)29)13-16-7-9-19(26)10-8-16/h2-15H,1H3/b18-13+. The van der Waals surface area contributed by atoms with Gasteiger partial charge in [0.25, 0.3) is 5.91 Å². The largest absolute Gasteiger partial charge is 0.465 e. The van der Waals surface area contributed by atoms with Gasteiger partial charge in [-0.2, -0.15) is 0 Å². The van der Waals surface area contributed by atoms with Gasteiger partial charge in [0.15, 0.2) is 0 Å². The SMILES string of the molecule is COC(=O)c1cc(N2C(=O)/C(=C/c3ccc(Cl)cc3)C=C2c2ccccc2)ccc1Cl. The summed E-state index contributed by atoms with van der Waals surface area (Å²) in [5, 5.41) is 0.878. The first kappa shape index (κ1) is 20.9. The number of carbonyl (C=O) groups is 2. The predicted octanol–water partition coefficient (Wildman–Crippen LogP) is 6.25. The molecule has 0 radical (unpaired) electrons. The molecule has 0 unspecified atom stereocenters. The fraction of sp³-hybridized carbons (Fsp3) is 0.0400. The lowest BCUT2D eigenvalue weighted by Crippen LogP contribution is -2.25. The highest BCUT2D eigenvalue weighted by atomic mass is 35.5. The van der Waals surface area contributed by atoms with Crippen LogP contribution in [0.3, 0.4) is 0 Å². The summed E-state index contributed by atoms with van der Waals surface area (Å²) >= 11 is 12.1. The van der Waals surface area contributed by atoms with Gasteiger partial charge in [-0.3, -0.25) is 9.69 Å². The molecule has 0 saturated carbocycles. The minimum Gasteiger partial charge on any atom is -0.465 e. The van der Waals surface area contributed by atoms with Gasteiger partial charge in [0, 0.05) is 10.6 Å². The van der Waals surface area contributed by atoms with Gasteiger partial charge in [0.1, 0.15) is 0 Å². The summed E-state index contributed by atoms with van der Waals surface area (Å²) in [5.74, 6) is -0.785. The molecule has 0 spiro atoms. The zero-order chi connectivity index (χ0) is 22.0. The van der Waals surface area contributed by atoms with Gasteiger partial charge in [-0.15, -0.1) is 0 Å². The van der Waals surface area contributed by atoms with E-state index in [1.54, 1.807) is 41.3 Å². The number of benzene rings is 3. The molecule has 0 aromatic heterocycles. The summed E-state index contributed by atoms with van der Waals surface area (Å²) < 4.78 is 4.82. The molecule has 1 aliphatic rings. The van der Waals surface area contributed by atoms with Crippen LogP contribution in [0, 0.1) is 0 Å². The number of methoxy groups -OCH3 is 1. The van der Waals surface area contributed by atoms with Crippen molar-refractivity contribution in [1.29, 1.82) is 0 Å². The Labute approximate surface area is 190 Å². The van der Waals surface area contributed by atoms with Crippen LogP contribution < -0.4 is 4.90 Å². The molecular formula is C25H17Cl2NO3. The van der Waals surface area contributed by atoms with Crippen LogP contribution in [0.4, 0.5) is 5.69 Å². The zero-order valence-corrected chi connectivity index (χ0v) is 18.0. The molecule has 0 N–H and O–H groups in total. The van der Waals surface area contributed by atoms with E-state index in [2.05, 4.69) is 0 Å². The first-order chi connectivity index (χ1) is 15.0. The highest BCUT2D eigenvalue weighted by molar-refractivity contribution is 6.34. The maximum absolute atomic E-state index is 13.4. The van der Waals surface area contributed by atoms with E-state index in [1.807, 2.05) is 48.5 Å². The number of amides is 1. The Morgan fingerprint density at radius 2 is 1.68 bits per heavy atom. The minimum absolute atomic E-state index is 0.192. The lowest BCUT2D eigenvalue weighted by molar-refractivity contribution is -0.113. The van der Waals surface area contributed by atoms with Crippen LogP contribution in [0.2, 0.25) is 10.0 Å². The normalized spacial score (nSPS) is 14.7. The summed E-state index contributed by atoms with van der Waals surface area (Å²) in [7, 11) is 1.29. The number of halogens is 2. The number of ether oxygens (including phenoxy) is 1. The topological polar surface area (TPSA) is 46.6 Å². The van der Waals surface area contributed by atoms with E-state index in [-0.39, 0.29) is 16.5 Å². The Kier molecular flexibility index (Phi) is 5.94. The molecule has 3 aromatic carbocycles. The average Bonchev–Trinajstić information content (AvgIpc) is 3.11. The zero-order valence-electron chi connectivity index (χ0n) is 16.5. The van der Waals surface area contributed by atoms with E-state index in [4.69, 9.17) is 27.9 Å². The van der Waals surface area contributed by atoms with Crippen molar-refractivity contribution in [2.45, 2.75) is 0 Å². The molecule has 4 nitrogen and oxygen atoms in total. The Morgan fingerprint density at radius 3 is 2.35 bits per heavy atom. The van der Waals surface area contributed by atoms with Crippen LogP contribution in [-0.4, -0.2) is 19.0 Å². The number of hydrogen-bond acceptors (Lipinski definition) is 3. The van der Waals surface area contributed by atoms with Crippen molar-refractivity contribution < 1.29 is 14.3 Å². The van der Waals surface area contributed by atoms with E-state index in [1.165, 1.54) is 7.11 Å². The third kappa shape index (κ3) is 4.26. The molecule has 0 saturated heterocycles. The molecule has 1 heterocycles. The maximum atomic E-state index is 13.4. The van der Waals surface area contributed by atoms with Crippen molar-refractivity contribution >= 4 is 52.5 Å². The number of nitrogens with zero attached hydrogens (tertiary/aromatic N) is 1. The molecule has 1 aliphatic heterocycles. The minimum atomic E-state index is -0.569. The van der Waals surface area contributed by atoms with Crippen LogP contribution in [0.15, 0.2) is 84.4 Å². The molecule has 6 heteroatoms. The second-order valence-corrected chi connectivity index (χ2v) is 7.69. The number of esters is 1. The first-order valence-electron chi connectivity index (χ1n) is 9.44. The second kappa shape index (κ2) is 8.80. The molecule has 3 aromatic rings. The fourth-order valence-corrected chi connectivity index (χ4v) is 3.67.